The van der Waals surface area contributed by atoms with E-state index in [4.69, 9.17) is 5.73 Å². The molecule has 0 saturated heterocycles. The number of carboxylic acid groups (broad SMARTS) is 2. The Balaban J connectivity index is -0.000000242. The number of aromatic amines is 2. The first-order chi connectivity index (χ1) is 14.7. The number of aromatic nitrogens is 3. The van der Waals surface area contributed by atoms with Crippen LogP contribution in [0, 0.1) is 0 Å². The van der Waals surface area contributed by atoms with E-state index in [2.05, 4.69) is 20.3 Å². The summed E-state index contributed by atoms with van der Waals surface area (Å²) in [5.41, 5.74) is 7.49. The molecule has 2 aromatic heterocycles. The summed E-state index contributed by atoms with van der Waals surface area (Å²) in [7, 11) is 0. The number of hydrogen-bond acceptors (Lipinski definition) is 8. The Kier molecular flexibility index (Phi) is 32.8. The molecule has 0 radical (unpaired) electrons. The van der Waals surface area contributed by atoms with Gasteiger partial charge in [-0.1, -0.05) is 12.1 Å². The molecule has 218 valence electrons. The normalized spacial score (nSPS) is 9.20. The molecule has 1 unspecified atom stereocenters. The second-order valence-electron chi connectivity index (χ2n) is 6.94. The van der Waals surface area contributed by atoms with E-state index >= 15 is 0 Å². The van der Waals surface area contributed by atoms with Gasteiger partial charge >= 0.3 is 59.1 Å². The number of nitrogens with zero attached hydrogens (tertiary/aromatic N) is 1. The number of aliphatic carboxylic acids is 2. The molecule has 0 aliphatic carbocycles. The van der Waals surface area contributed by atoms with Crippen molar-refractivity contribution in [2.24, 2.45) is 0 Å². The molecule has 40 heavy (non-hydrogen) atoms. The third-order valence-electron chi connectivity index (χ3n) is 4.77. The van der Waals surface area contributed by atoms with Gasteiger partial charge in [0.15, 0.2) is 0 Å². The average Bonchev–Trinajstić information content (AvgIpc) is 3.12. The fourth-order valence-electron chi connectivity index (χ4n) is 3.17. The number of carboxylic acids is 2. The van der Waals surface area contributed by atoms with Crippen molar-refractivity contribution in [1.29, 1.82) is 0 Å². The van der Waals surface area contributed by atoms with Gasteiger partial charge in [-0.15, -0.1) is 0 Å². The first kappa shape index (κ1) is 53.8. The van der Waals surface area contributed by atoms with Crippen LogP contribution in [-0.2, 0) is 22.4 Å². The van der Waals surface area contributed by atoms with E-state index in [1.807, 2.05) is 0 Å². The SMILES string of the molecule is Nc1nc2[nH]cc(CCc3ccc(C(=O)NC(CCC(=O)[O-])C(=O)[O-])cc3)c2c(=O)[nH]1.O.O.O.O.O.O.O.[Na+].[Na+]. The number of fused-ring (bicyclic) bond motifs is 1. The standard InChI is InChI=1S/C20H21N5O6.2Na.7H2O/c21-20-24-16-15(18(29)25-20)12(9-22-16)6-3-10-1-4-11(5-2-10)17(28)23-13(19(30)31)7-8-14(26)27;;;;;;;;;/h1-2,4-5,9,13H,3,6-8H2,(H,23,28)(H,26,27)(H,30,31)(H4,21,22,24,25,29);;;7*1H2/q;2*+1;;;;;;;/p-2. The zero-order chi connectivity index (χ0) is 22.5. The second kappa shape index (κ2) is 24.4. The Labute approximate surface area is 270 Å². The first-order valence-corrected chi connectivity index (χ1v) is 9.41. The molecule has 3 aromatic rings. The molecule has 0 spiro atoms. The minimum Gasteiger partial charge on any atom is -0.550 e. The van der Waals surface area contributed by atoms with Crippen molar-refractivity contribution >= 4 is 34.8 Å². The summed E-state index contributed by atoms with van der Waals surface area (Å²) in [4.78, 5) is 55.4. The average molecular weight is 597 g/mol. The monoisotopic (exact) mass is 597 g/mol. The summed E-state index contributed by atoms with van der Waals surface area (Å²) in [6, 6.07) is 5.03. The predicted octanol–water partition coefficient (Wildman–Crippen LogP) is -13.8. The summed E-state index contributed by atoms with van der Waals surface area (Å²) in [6.07, 6.45) is 1.96. The molecule has 19 N–H and O–H groups in total. The number of carbonyl (C=O) groups is 3. The topological polar surface area (TPSA) is 417 Å². The minimum absolute atomic E-state index is 0. The van der Waals surface area contributed by atoms with Crippen molar-refractivity contribution in [1.82, 2.24) is 20.3 Å². The van der Waals surface area contributed by atoms with Crippen molar-refractivity contribution in [2.75, 3.05) is 5.73 Å². The van der Waals surface area contributed by atoms with Crippen LogP contribution >= 0.6 is 0 Å². The van der Waals surface area contributed by atoms with Crippen LogP contribution in [0.4, 0.5) is 5.95 Å². The quantitative estimate of drug-likeness (QED) is 0.171. The largest absolute Gasteiger partial charge is 1.00 e. The van der Waals surface area contributed by atoms with Crippen LogP contribution in [-0.4, -0.2) is 77.2 Å². The molecule has 0 aliphatic heterocycles. The number of carbonyl (C=O) groups excluding carboxylic acids is 3. The Morgan fingerprint density at radius 1 is 0.925 bits per heavy atom. The number of nitrogens with one attached hydrogen (secondary N) is 3. The van der Waals surface area contributed by atoms with E-state index in [-0.39, 0.29) is 121 Å². The molecule has 20 heteroatoms. The summed E-state index contributed by atoms with van der Waals surface area (Å²) in [5.74, 6) is -3.62. The molecule has 0 fully saturated rings. The van der Waals surface area contributed by atoms with Gasteiger partial charge < -0.3 is 74.2 Å². The molecule has 0 aliphatic rings. The van der Waals surface area contributed by atoms with E-state index in [9.17, 15) is 29.4 Å². The van der Waals surface area contributed by atoms with Gasteiger partial charge in [0.1, 0.15) is 5.65 Å². The number of nitrogens with two attached hydrogens (primary N) is 1. The molecule has 0 bridgehead atoms. The summed E-state index contributed by atoms with van der Waals surface area (Å²) >= 11 is 0. The maximum Gasteiger partial charge on any atom is 1.00 e. The van der Waals surface area contributed by atoms with Crippen molar-refractivity contribution in [2.45, 2.75) is 31.7 Å². The number of aryl methyl sites for hydroxylation is 2. The van der Waals surface area contributed by atoms with Gasteiger partial charge in [0.2, 0.25) is 5.95 Å². The zero-order valence-electron chi connectivity index (χ0n) is 21.8. The summed E-state index contributed by atoms with van der Waals surface area (Å²) in [5, 5.41) is 24.3. The molecule has 0 saturated carbocycles. The maximum absolute atomic E-state index is 12.2. The second-order valence-corrected chi connectivity index (χ2v) is 6.94. The molecule has 1 amide bonds. The van der Waals surface area contributed by atoms with Gasteiger partial charge in [-0.25, -0.2) is 0 Å². The number of anilines is 1. The van der Waals surface area contributed by atoms with E-state index in [1.165, 1.54) is 12.1 Å². The zero-order valence-corrected chi connectivity index (χ0v) is 25.8. The number of H-pyrrole nitrogens is 2. The fraction of sp³-hybridized carbons (Fsp3) is 0.250. The van der Waals surface area contributed by atoms with Crippen molar-refractivity contribution in [3.8, 4) is 0 Å². The Morgan fingerprint density at radius 2 is 1.48 bits per heavy atom. The van der Waals surface area contributed by atoms with E-state index in [1.54, 1.807) is 18.3 Å². The molecular weight excluding hydrogens is 564 g/mol. The van der Waals surface area contributed by atoms with Crippen LogP contribution in [0.15, 0.2) is 35.3 Å². The minimum atomic E-state index is -1.57. The van der Waals surface area contributed by atoms with Gasteiger partial charge in [0.25, 0.3) is 11.5 Å². The fourth-order valence-corrected chi connectivity index (χ4v) is 3.17. The number of nitrogen functional groups attached to an aromatic ring is 1. The Hall–Kier alpha value is -2.43. The van der Waals surface area contributed by atoms with Crippen molar-refractivity contribution in [3.05, 3.63) is 57.5 Å². The molecule has 1 atom stereocenters. The van der Waals surface area contributed by atoms with Crippen molar-refractivity contribution < 1.29 is 122 Å². The maximum atomic E-state index is 12.2. The Morgan fingerprint density at radius 3 is 1.98 bits per heavy atom. The third-order valence-corrected chi connectivity index (χ3v) is 4.77. The third kappa shape index (κ3) is 14.3. The van der Waals surface area contributed by atoms with Gasteiger partial charge in [0.05, 0.1) is 17.4 Å². The van der Waals surface area contributed by atoms with Crippen LogP contribution in [0.1, 0.15) is 34.3 Å². The number of rotatable bonds is 9. The van der Waals surface area contributed by atoms with Gasteiger partial charge in [0, 0.05) is 17.7 Å². The van der Waals surface area contributed by atoms with Crippen molar-refractivity contribution in [3.63, 3.8) is 0 Å². The van der Waals surface area contributed by atoms with Crippen LogP contribution in [0.25, 0.3) is 11.0 Å². The summed E-state index contributed by atoms with van der Waals surface area (Å²) < 4.78 is 0. The van der Waals surface area contributed by atoms with E-state index in [0.29, 0.717) is 23.9 Å². The van der Waals surface area contributed by atoms with Gasteiger partial charge in [-0.3, -0.25) is 14.6 Å². The van der Waals surface area contributed by atoms with Crippen LogP contribution in [0.2, 0.25) is 0 Å². The van der Waals surface area contributed by atoms with Gasteiger partial charge in [-0.05, 0) is 48.9 Å². The van der Waals surface area contributed by atoms with Crippen LogP contribution in [0.3, 0.4) is 0 Å². The molecular formula is C20H33N5Na2O13. The van der Waals surface area contributed by atoms with E-state index in [0.717, 1.165) is 11.1 Å². The molecule has 1 aromatic carbocycles. The van der Waals surface area contributed by atoms with E-state index < -0.39 is 30.3 Å². The predicted molar refractivity (Wildman–Crippen MR) is 131 cm³/mol. The summed E-state index contributed by atoms with van der Waals surface area (Å²) in [6.45, 7) is 0. The molecule has 2 heterocycles. The smallest absolute Gasteiger partial charge is 0.550 e. The number of hydrogen-bond donors (Lipinski definition) is 4. The van der Waals surface area contributed by atoms with Crippen LogP contribution < -0.4 is 85.9 Å². The van der Waals surface area contributed by atoms with Gasteiger partial charge in [-0.2, -0.15) is 4.98 Å². The molecule has 3 rings (SSSR count). The molecule has 18 nitrogen and oxygen atoms in total. The number of benzene rings is 1. The van der Waals surface area contributed by atoms with Crippen LogP contribution in [0.5, 0.6) is 0 Å². The first-order valence-electron chi connectivity index (χ1n) is 9.41. The Bertz CT molecular complexity index is 1210. The number of amides is 1.